The highest BCUT2D eigenvalue weighted by Crippen LogP contribution is 2.24. The van der Waals surface area contributed by atoms with E-state index in [9.17, 15) is 4.79 Å². The zero-order valence-electron chi connectivity index (χ0n) is 8.71. The van der Waals surface area contributed by atoms with E-state index in [1.165, 1.54) is 0 Å². The molecule has 17 heavy (non-hydrogen) atoms. The minimum atomic E-state index is -0.457. The van der Waals surface area contributed by atoms with Crippen LogP contribution in [0.4, 0.5) is 0 Å². The van der Waals surface area contributed by atoms with E-state index in [2.05, 4.69) is 16.0 Å². The zero-order chi connectivity index (χ0) is 12.4. The van der Waals surface area contributed by atoms with Gasteiger partial charge in [-0.1, -0.05) is 29.3 Å². The molecule has 1 amide bonds. The monoisotopic (exact) mass is 272 g/mol. The SMILES string of the molecule is NNC(=O)C1CC(c2ccc(Cl)cc2Cl)=NN1. The maximum Gasteiger partial charge on any atom is 0.258 e. The van der Waals surface area contributed by atoms with Crippen molar-refractivity contribution in [2.24, 2.45) is 10.9 Å². The molecule has 1 aromatic rings. The third-order valence-corrected chi connectivity index (χ3v) is 3.00. The van der Waals surface area contributed by atoms with Crippen LogP contribution in [0.3, 0.4) is 0 Å². The molecule has 0 aromatic heterocycles. The molecule has 1 unspecified atom stereocenters. The summed E-state index contributed by atoms with van der Waals surface area (Å²) >= 11 is 11.9. The van der Waals surface area contributed by atoms with E-state index in [4.69, 9.17) is 29.0 Å². The van der Waals surface area contributed by atoms with Crippen molar-refractivity contribution in [3.63, 3.8) is 0 Å². The third kappa shape index (κ3) is 2.52. The van der Waals surface area contributed by atoms with E-state index in [0.717, 1.165) is 5.56 Å². The smallest absolute Gasteiger partial charge is 0.258 e. The second kappa shape index (κ2) is 4.91. The molecule has 7 heteroatoms. The van der Waals surface area contributed by atoms with Crippen molar-refractivity contribution in [2.45, 2.75) is 12.5 Å². The summed E-state index contributed by atoms with van der Waals surface area (Å²) in [5.41, 5.74) is 6.24. The first-order valence-electron chi connectivity index (χ1n) is 4.90. The lowest BCUT2D eigenvalue weighted by Crippen LogP contribution is -2.43. The number of benzene rings is 1. The van der Waals surface area contributed by atoms with Crippen molar-refractivity contribution < 1.29 is 4.79 Å². The van der Waals surface area contributed by atoms with Crippen molar-refractivity contribution in [3.8, 4) is 0 Å². The van der Waals surface area contributed by atoms with Crippen LogP contribution < -0.4 is 16.7 Å². The van der Waals surface area contributed by atoms with Gasteiger partial charge in [0.25, 0.3) is 5.91 Å². The maximum atomic E-state index is 11.3. The Morgan fingerprint density at radius 1 is 1.53 bits per heavy atom. The molecule has 2 rings (SSSR count). The number of nitrogens with zero attached hydrogens (tertiary/aromatic N) is 1. The number of hydrogen-bond donors (Lipinski definition) is 3. The Balaban J connectivity index is 2.18. The van der Waals surface area contributed by atoms with E-state index in [0.29, 0.717) is 22.2 Å². The quantitative estimate of drug-likeness (QED) is 0.428. The van der Waals surface area contributed by atoms with E-state index in [1.54, 1.807) is 18.2 Å². The highest BCUT2D eigenvalue weighted by atomic mass is 35.5. The number of hydrazone groups is 1. The standard InChI is InChI=1S/C10H10Cl2N4O/c11-5-1-2-6(7(12)3-5)8-4-9(16-15-8)10(17)14-13/h1-3,9,16H,4,13H2,(H,14,17). The fourth-order valence-corrected chi connectivity index (χ4v) is 2.10. The molecule has 0 radical (unpaired) electrons. The van der Waals surface area contributed by atoms with Gasteiger partial charge < -0.3 is 0 Å². The number of amides is 1. The highest BCUT2D eigenvalue weighted by Gasteiger charge is 2.26. The molecule has 0 aliphatic carbocycles. The van der Waals surface area contributed by atoms with E-state index >= 15 is 0 Å². The Hall–Kier alpha value is -1.30. The van der Waals surface area contributed by atoms with Gasteiger partial charge in [0.1, 0.15) is 6.04 Å². The van der Waals surface area contributed by atoms with Crippen molar-refractivity contribution in [1.29, 1.82) is 0 Å². The average Bonchev–Trinajstić information content (AvgIpc) is 2.77. The molecule has 0 saturated heterocycles. The summed E-state index contributed by atoms with van der Waals surface area (Å²) < 4.78 is 0. The zero-order valence-corrected chi connectivity index (χ0v) is 10.2. The summed E-state index contributed by atoms with van der Waals surface area (Å²) in [5, 5.41) is 5.13. The van der Waals surface area contributed by atoms with Crippen LogP contribution >= 0.6 is 23.2 Å². The van der Waals surface area contributed by atoms with E-state index in [-0.39, 0.29) is 5.91 Å². The Morgan fingerprint density at radius 2 is 2.29 bits per heavy atom. The Kier molecular flexibility index (Phi) is 3.51. The summed E-state index contributed by atoms with van der Waals surface area (Å²) in [6.07, 6.45) is 0.435. The first-order valence-corrected chi connectivity index (χ1v) is 5.65. The summed E-state index contributed by atoms with van der Waals surface area (Å²) in [4.78, 5) is 11.3. The topological polar surface area (TPSA) is 79.5 Å². The first-order chi connectivity index (χ1) is 8.11. The third-order valence-electron chi connectivity index (χ3n) is 2.45. The first kappa shape index (κ1) is 12.2. The number of rotatable bonds is 2. The number of carbonyl (C=O) groups is 1. The van der Waals surface area contributed by atoms with Crippen LogP contribution in [0.5, 0.6) is 0 Å². The maximum absolute atomic E-state index is 11.3. The molecule has 5 nitrogen and oxygen atoms in total. The van der Waals surface area contributed by atoms with Crippen LogP contribution in [0, 0.1) is 0 Å². The lowest BCUT2D eigenvalue weighted by atomic mass is 10.0. The number of nitrogens with two attached hydrogens (primary N) is 1. The van der Waals surface area contributed by atoms with Crippen LogP contribution in [-0.2, 0) is 4.79 Å². The predicted octanol–water partition coefficient (Wildman–Crippen LogP) is 1.05. The lowest BCUT2D eigenvalue weighted by molar-refractivity contribution is -0.122. The minimum absolute atomic E-state index is 0.311. The Labute approximate surface area is 108 Å². The molecule has 4 N–H and O–H groups in total. The van der Waals surface area contributed by atoms with Gasteiger partial charge in [0.15, 0.2) is 0 Å². The number of hydrogen-bond acceptors (Lipinski definition) is 4. The van der Waals surface area contributed by atoms with Crippen LogP contribution in [0.15, 0.2) is 23.3 Å². The molecule has 1 aliphatic rings. The normalized spacial score (nSPS) is 18.5. The summed E-state index contributed by atoms with van der Waals surface area (Å²) in [6.45, 7) is 0. The molecule has 0 bridgehead atoms. The van der Waals surface area contributed by atoms with Gasteiger partial charge in [0.05, 0.1) is 10.7 Å². The molecule has 1 aromatic carbocycles. The van der Waals surface area contributed by atoms with E-state index in [1.807, 2.05) is 0 Å². The Bertz CT molecular complexity index is 489. The van der Waals surface area contributed by atoms with Crippen molar-refractivity contribution in [2.75, 3.05) is 0 Å². The van der Waals surface area contributed by atoms with Gasteiger partial charge in [-0.15, -0.1) is 0 Å². The highest BCUT2D eigenvalue weighted by molar-refractivity contribution is 6.37. The minimum Gasteiger partial charge on any atom is -0.297 e. The molecule has 0 spiro atoms. The van der Waals surface area contributed by atoms with Gasteiger partial charge in [0.2, 0.25) is 0 Å². The fraction of sp³-hybridized carbons (Fsp3) is 0.200. The number of hydrazine groups is 1. The van der Waals surface area contributed by atoms with Crippen LogP contribution in [-0.4, -0.2) is 17.7 Å². The molecule has 0 saturated carbocycles. The van der Waals surface area contributed by atoms with Crippen LogP contribution in [0.1, 0.15) is 12.0 Å². The summed E-state index contributed by atoms with van der Waals surface area (Å²) in [7, 11) is 0. The molecule has 90 valence electrons. The molecule has 0 fully saturated rings. The molecule has 1 heterocycles. The second-order valence-corrected chi connectivity index (χ2v) is 4.42. The molecular formula is C10H10Cl2N4O. The van der Waals surface area contributed by atoms with Gasteiger partial charge in [-0.2, -0.15) is 5.10 Å². The fourth-order valence-electron chi connectivity index (χ4n) is 1.59. The lowest BCUT2D eigenvalue weighted by Gasteiger charge is -2.07. The van der Waals surface area contributed by atoms with Crippen molar-refractivity contribution in [3.05, 3.63) is 33.8 Å². The predicted molar refractivity (Wildman–Crippen MR) is 66.9 cm³/mol. The van der Waals surface area contributed by atoms with Gasteiger partial charge in [-0.05, 0) is 12.1 Å². The van der Waals surface area contributed by atoms with Gasteiger partial charge in [-0.3, -0.25) is 15.6 Å². The second-order valence-electron chi connectivity index (χ2n) is 3.58. The van der Waals surface area contributed by atoms with Crippen LogP contribution in [0.2, 0.25) is 10.0 Å². The van der Waals surface area contributed by atoms with Gasteiger partial charge in [0, 0.05) is 17.0 Å². The summed E-state index contributed by atoms with van der Waals surface area (Å²) in [6, 6.07) is 4.68. The van der Waals surface area contributed by atoms with Crippen molar-refractivity contribution >= 4 is 34.8 Å². The van der Waals surface area contributed by atoms with Gasteiger partial charge in [-0.25, -0.2) is 5.84 Å². The number of carbonyl (C=O) groups excluding carboxylic acids is 1. The van der Waals surface area contributed by atoms with E-state index < -0.39 is 6.04 Å². The van der Waals surface area contributed by atoms with Crippen LogP contribution in [0.25, 0.3) is 0 Å². The number of nitrogens with one attached hydrogen (secondary N) is 2. The largest absolute Gasteiger partial charge is 0.297 e. The molecular weight excluding hydrogens is 263 g/mol. The molecule has 1 atom stereocenters. The number of halogens is 2. The van der Waals surface area contributed by atoms with Gasteiger partial charge >= 0.3 is 0 Å². The summed E-state index contributed by atoms with van der Waals surface area (Å²) in [5.74, 6) is 4.74. The average molecular weight is 273 g/mol. The molecule has 1 aliphatic heterocycles. The Morgan fingerprint density at radius 3 is 2.94 bits per heavy atom. The van der Waals surface area contributed by atoms with Crippen molar-refractivity contribution in [1.82, 2.24) is 10.9 Å².